The molecule has 0 aromatic rings. The van der Waals surface area contributed by atoms with Gasteiger partial charge in [0.05, 0.1) is 12.0 Å². The summed E-state index contributed by atoms with van der Waals surface area (Å²) in [5.41, 5.74) is 0. The number of rotatable bonds is 7. The van der Waals surface area contributed by atoms with Crippen LogP contribution in [0.4, 0.5) is 0 Å². The van der Waals surface area contributed by atoms with E-state index in [1.165, 1.54) is 0 Å². The Labute approximate surface area is 89.0 Å². The quantitative estimate of drug-likeness (QED) is 0.529. The van der Waals surface area contributed by atoms with Crippen LogP contribution >= 0.6 is 34.8 Å². The van der Waals surface area contributed by atoms with Gasteiger partial charge in [0.15, 0.2) is 0 Å². The Bertz CT molecular complexity index is 88.3. The van der Waals surface area contributed by atoms with Crippen molar-refractivity contribution >= 4 is 34.8 Å². The summed E-state index contributed by atoms with van der Waals surface area (Å²) in [6.07, 6.45) is 3.82. The van der Waals surface area contributed by atoms with E-state index in [0.29, 0.717) is 5.88 Å². The molecule has 12 heavy (non-hydrogen) atoms. The van der Waals surface area contributed by atoms with Crippen molar-refractivity contribution in [2.75, 3.05) is 12.5 Å². The van der Waals surface area contributed by atoms with Crippen molar-refractivity contribution in [1.29, 1.82) is 0 Å². The van der Waals surface area contributed by atoms with Crippen molar-refractivity contribution < 1.29 is 5.11 Å². The Morgan fingerprint density at radius 3 is 1.92 bits per heavy atom. The van der Waals surface area contributed by atoms with Gasteiger partial charge in [0, 0.05) is 11.3 Å². The number of hydrogen-bond donors (Lipinski definition) is 1. The summed E-state index contributed by atoms with van der Waals surface area (Å²) in [6, 6.07) is 0. The minimum Gasteiger partial charge on any atom is -0.395 e. The largest absolute Gasteiger partial charge is 0.395 e. The summed E-state index contributed by atoms with van der Waals surface area (Å²) in [4.78, 5) is 0. The number of hydrogen-bond acceptors (Lipinski definition) is 1. The molecule has 0 amide bonds. The zero-order chi connectivity index (χ0) is 9.40. The van der Waals surface area contributed by atoms with Crippen molar-refractivity contribution in [3.05, 3.63) is 0 Å². The second-order valence-electron chi connectivity index (χ2n) is 2.82. The third-order valence-corrected chi connectivity index (χ3v) is 2.91. The number of alkyl halides is 3. The maximum absolute atomic E-state index is 8.61. The molecule has 0 fully saturated rings. The number of aliphatic hydroxyl groups is 1. The van der Waals surface area contributed by atoms with Crippen LogP contribution in [0.3, 0.4) is 0 Å². The molecule has 2 atom stereocenters. The van der Waals surface area contributed by atoms with Crippen molar-refractivity contribution in [2.24, 2.45) is 0 Å². The lowest BCUT2D eigenvalue weighted by Gasteiger charge is -2.06. The van der Waals surface area contributed by atoms with E-state index < -0.39 is 0 Å². The van der Waals surface area contributed by atoms with Gasteiger partial charge >= 0.3 is 0 Å². The van der Waals surface area contributed by atoms with Crippen LogP contribution in [0.2, 0.25) is 0 Å². The molecule has 0 aliphatic heterocycles. The number of unbranched alkanes of at least 4 members (excludes halogenated alkanes) is 1. The first-order chi connectivity index (χ1) is 5.70. The van der Waals surface area contributed by atoms with Gasteiger partial charge in [-0.3, -0.25) is 0 Å². The van der Waals surface area contributed by atoms with Gasteiger partial charge in [-0.05, 0) is 12.8 Å². The molecule has 0 aliphatic rings. The molecule has 74 valence electrons. The minimum atomic E-state index is -0.102. The maximum atomic E-state index is 8.61. The molecule has 0 heterocycles. The van der Waals surface area contributed by atoms with Gasteiger partial charge in [-0.25, -0.2) is 0 Å². The van der Waals surface area contributed by atoms with Gasteiger partial charge in [0.2, 0.25) is 0 Å². The summed E-state index contributed by atoms with van der Waals surface area (Å²) < 4.78 is 0. The van der Waals surface area contributed by atoms with E-state index in [0.717, 1.165) is 25.7 Å². The Balaban J connectivity index is 3.10. The second-order valence-corrected chi connectivity index (χ2v) is 4.36. The van der Waals surface area contributed by atoms with Crippen LogP contribution in [0.25, 0.3) is 0 Å². The molecule has 0 saturated heterocycles. The molecular weight excluding hydrogens is 218 g/mol. The SMILES string of the molecule is OC[C@H](Cl)CCCC[C@@H](Cl)CCl. The zero-order valence-corrected chi connectivity index (χ0v) is 9.25. The average Bonchev–Trinajstić information content (AvgIpc) is 2.11. The van der Waals surface area contributed by atoms with Gasteiger partial charge in [-0.1, -0.05) is 12.8 Å². The third-order valence-electron chi connectivity index (χ3n) is 1.65. The van der Waals surface area contributed by atoms with E-state index in [9.17, 15) is 0 Å². The monoisotopic (exact) mass is 232 g/mol. The number of halogens is 3. The van der Waals surface area contributed by atoms with Gasteiger partial charge in [0.1, 0.15) is 0 Å². The Hall–Kier alpha value is 0.830. The highest BCUT2D eigenvalue weighted by Crippen LogP contribution is 2.13. The first kappa shape index (κ1) is 12.8. The van der Waals surface area contributed by atoms with Gasteiger partial charge < -0.3 is 5.11 Å². The molecule has 0 unspecified atom stereocenters. The molecule has 0 aliphatic carbocycles. The molecule has 0 aromatic carbocycles. The topological polar surface area (TPSA) is 20.2 Å². The van der Waals surface area contributed by atoms with Gasteiger partial charge in [0.25, 0.3) is 0 Å². The van der Waals surface area contributed by atoms with E-state index in [4.69, 9.17) is 39.9 Å². The van der Waals surface area contributed by atoms with Crippen molar-refractivity contribution in [2.45, 2.75) is 36.4 Å². The maximum Gasteiger partial charge on any atom is 0.0595 e. The smallest absolute Gasteiger partial charge is 0.0595 e. The highest BCUT2D eigenvalue weighted by molar-refractivity contribution is 6.28. The lowest BCUT2D eigenvalue weighted by molar-refractivity contribution is 0.286. The molecule has 4 heteroatoms. The lowest BCUT2D eigenvalue weighted by atomic mass is 10.1. The zero-order valence-electron chi connectivity index (χ0n) is 6.98. The van der Waals surface area contributed by atoms with Gasteiger partial charge in [-0.15, -0.1) is 34.8 Å². The highest BCUT2D eigenvalue weighted by atomic mass is 35.5. The predicted molar refractivity (Wildman–Crippen MR) is 55.6 cm³/mol. The van der Waals surface area contributed by atoms with Crippen LogP contribution in [0.15, 0.2) is 0 Å². The van der Waals surface area contributed by atoms with Crippen LogP contribution in [0, 0.1) is 0 Å². The molecule has 0 radical (unpaired) electrons. The number of aliphatic hydroxyl groups excluding tert-OH is 1. The summed E-state index contributed by atoms with van der Waals surface area (Å²) in [5, 5.41) is 8.59. The second kappa shape index (κ2) is 8.43. The van der Waals surface area contributed by atoms with Crippen molar-refractivity contribution in [3.8, 4) is 0 Å². The normalized spacial score (nSPS) is 16.0. The van der Waals surface area contributed by atoms with E-state index in [1.54, 1.807) is 0 Å². The fourth-order valence-corrected chi connectivity index (χ4v) is 1.36. The molecular formula is C8H15Cl3O. The van der Waals surface area contributed by atoms with E-state index in [-0.39, 0.29) is 17.4 Å². The van der Waals surface area contributed by atoms with Crippen LogP contribution in [0.5, 0.6) is 0 Å². The van der Waals surface area contributed by atoms with Crippen molar-refractivity contribution in [3.63, 3.8) is 0 Å². The van der Waals surface area contributed by atoms with Crippen LogP contribution < -0.4 is 0 Å². The Kier molecular flexibility index (Phi) is 9.01. The summed E-state index contributed by atoms with van der Waals surface area (Å²) in [5.74, 6) is 0.506. The van der Waals surface area contributed by atoms with E-state index >= 15 is 0 Å². The van der Waals surface area contributed by atoms with E-state index in [2.05, 4.69) is 0 Å². The van der Waals surface area contributed by atoms with Gasteiger partial charge in [-0.2, -0.15) is 0 Å². The lowest BCUT2D eigenvalue weighted by Crippen LogP contribution is -2.05. The molecule has 0 rings (SSSR count). The fourth-order valence-electron chi connectivity index (χ4n) is 0.900. The van der Waals surface area contributed by atoms with Crippen LogP contribution in [-0.2, 0) is 0 Å². The predicted octanol–water partition coefficient (Wildman–Crippen LogP) is 2.99. The van der Waals surface area contributed by atoms with Crippen LogP contribution in [-0.4, -0.2) is 28.3 Å². The van der Waals surface area contributed by atoms with Crippen molar-refractivity contribution in [1.82, 2.24) is 0 Å². The standard InChI is InChI=1S/C8H15Cl3O/c9-5-7(10)3-1-2-4-8(11)6-12/h7-8,12H,1-6H2/t7-,8-/m1/s1. The average molecular weight is 234 g/mol. The first-order valence-electron chi connectivity index (χ1n) is 4.15. The molecule has 1 nitrogen and oxygen atoms in total. The molecule has 0 saturated carbocycles. The Morgan fingerprint density at radius 1 is 1.00 bits per heavy atom. The van der Waals surface area contributed by atoms with Crippen LogP contribution in [0.1, 0.15) is 25.7 Å². The Morgan fingerprint density at radius 2 is 1.50 bits per heavy atom. The molecule has 0 spiro atoms. The highest BCUT2D eigenvalue weighted by Gasteiger charge is 2.04. The fraction of sp³-hybridized carbons (Fsp3) is 1.00. The third kappa shape index (κ3) is 7.48. The summed E-state index contributed by atoms with van der Waals surface area (Å²) in [7, 11) is 0. The van der Waals surface area contributed by atoms with E-state index in [1.807, 2.05) is 0 Å². The summed E-state index contributed by atoms with van der Waals surface area (Å²) in [6.45, 7) is 0.0569. The molecule has 0 aromatic heterocycles. The molecule has 0 bridgehead atoms. The first-order valence-corrected chi connectivity index (χ1v) is 5.56. The minimum absolute atomic E-state index is 0.0569. The summed E-state index contributed by atoms with van der Waals surface area (Å²) >= 11 is 17.0. The molecule has 1 N–H and O–H groups in total.